The topological polar surface area (TPSA) is 85.0 Å². The van der Waals surface area contributed by atoms with Gasteiger partial charge >= 0.3 is 0 Å². The van der Waals surface area contributed by atoms with Crippen LogP contribution in [0.15, 0.2) is 81.4 Å². The fraction of sp³-hybridized carbons (Fsp3) is 0.276. The molecule has 0 radical (unpaired) electrons. The van der Waals surface area contributed by atoms with E-state index in [0.29, 0.717) is 12.3 Å². The molecule has 0 saturated carbocycles. The molecule has 7 nitrogen and oxygen atoms in total. The first-order chi connectivity index (χ1) is 18.5. The molecule has 2 N–H and O–H groups in total. The first-order valence-electron chi connectivity index (χ1n) is 12.6. The van der Waals surface area contributed by atoms with E-state index in [9.17, 15) is 4.79 Å². The maximum absolute atomic E-state index is 13.3. The number of benzene rings is 2. The monoisotopic (exact) mass is 543 g/mol. The number of fused-ring (bicyclic) bond motifs is 1. The Balaban J connectivity index is 1.19. The Morgan fingerprint density at radius 2 is 1.82 bits per heavy atom. The summed E-state index contributed by atoms with van der Waals surface area (Å²) in [5.74, 6) is 2.07. The number of hydrogen-bond acceptors (Lipinski definition) is 7. The second-order valence-corrected chi connectivity index (χ2v) is 12.0. The fourth-order valence-corrected chi connectivity index (χ4v) is 7.36. The summed E-state index contributed by atoms with van der Waals surface area (Å²) in [4.78, 5) is 14.5. The van der Waals surface area contributed by atoms with Gasteiger partial charge in [0.15, 0.2) is 11.0 Å². The van der Waals surface area contributed by atoms with Gasteiger partial charge in [0.1, 0.15) is 5.76 Å². The lowest BCUT2D eigenvalue weighted by atomic mass is 9.89. The largest absolute Gasteiger partial charge is 0.469 e. The molecule has 3 atom stereocenters. The number of allylic oxidation sites excluding steroid dienone is 1. The molecule has 3 unspecified atom stereocenters. The minimum atomic E-state index is -0.207. The highest BCUT2D eigenvalue weighted by Crippen LogP contribution is 2.47. The van der Waals surface area contributed by atoms with Crippen LogP contribution in [0.1, 0.15) is 29.4 Å². The second-order valence-electron chi connectivity index (χ2n) is 9.66. The molecule has 1 saturated heterocycles. The third kappa shape index (κ3) is 4.81. The predicted molar refractivity (Wildman–Crippen MR) is 152 cm³/mol. The summed E-state index contributed by atoms with van der Waals surface area (Å²) >= 11 is 3.34. The van der Waals surface area contributed by atoms with Crippen LogP contribution in [0.5, 0.6) is 0 Å². The number of thioether (sulfide) groups is 2. The quantitative estimate of drug-likeness (QED) is 0.299. The molecule has 2 aromatic carbocycles. The van der Waals surface area contributed by atoms with E-state index in [1.165, 1.54) is 10.5 Å². The van der Waals surface area contributed by atoms with Gasteiger partial charge in [-0.1, -0.05) is 71.9 Å². The van der Waals surface area contributed by atoms with E-state index >= 15 is 0 Å². The van der Waals surface area contributed by atoms with Crippen LogP contribution in [0.4, 0.5) is 0 Å². The van der Waals surface area contributed by atoms with Crippen LogP contribution in [0.25, 0.3) is 17.0 Å². The minimum Gasteiger partial charge on any atom is -0.469 e. The number of nitrogens with one attached hydrogen (secondary N) is 2. The molecule has 2 aliphatic rings. The maximum atomic E-state index is 13.3. The van der Waals surface area contributed by atoms with Gasteiger partial charge in [-0.25, -0.2) is 0 Å². The fourth-order valence-electron chi connectivity index (χ4n) is 5.08. The zero-order chi connectivity index (χ0) is 26.2. The van der Waals surface area contributed by atoms with Gasteiger partial charge in [-0.15, -0.1) is 22.0 Å². The van der Waals surface area contributed by atoms with Crippen molar-refractivity contribution in [1.29, 1.82) is 0 Å². The van der Waals surface area contributed by atoms with Gasteiger partial charge < -0.3 is 9.73 Å². The van der Waals surface area contributed by atoms with Gasteiger partial charge in [0, 0.05) is 5.75 Å². The molecule has 4 aromatic rings. The first-order valence-corrected chi connectivity index (χ1v) is 14.5. The number of nitrogens with zero attached hydrogens (tertiary/aromatic N) is 3. The van der Waals surface area contributed by atoms with Gasteiger partial charge in [0.05, 0.1) is 35.8 Å². The van der Waals surface area contributed by atoms with Crippen LogP contribution in [-0.4, -0.2) is 38.0 Å². The molecule has 0 aliphatic carbocycles. The third-order valence-electron chi connectivity index (χ3n) is 7.00. The standard InChI is InChI=1S/C29H29N5O2S2/c1-17-9-11-21(12-10-17)24-19(3)38-28-25(24)27(35)30-23(31-28)16-37-29-33-32-26(22-13-14-36-18(22)2)34(29)15-20-7-5-4-6-8-20/h4-14,23,25,28,31H,15-16H2,1-3H3,(H,30,35). The molecule has 1 fully saturated rings. The molecule has 2 aliphatic heterocycles. The number of aryl methyl sites for hydroxylation is 2. The molecule has 9 heteroatoms. The van der Waals surface area contributed by atoms with Crippen molar-refractivity contribution < 1.29 is 9.21 Å². The lowest BCUT2D eigenvalue weighted by molar-refractivity contribution is -0.125. The lowest BCUT2D eigenvalue weighted by Crippen LogP contribution is -2.60. The van der Waals surface area contributed by atoms with E-state index in [0.717, 1.165) is 39.0 Å². The van der Waals surface area contributed by atoms with Crippen LogP contribution >= 0.6 is 23.5 Å². The van der Waals surface area contributed by atoms with Gasteiger partial charge in [0.2, 0.25) is 5.91 Å². The Morgan fingerprint density at radius 1 is 1.03 bits per heavy atom. The van der Waals surface area contributed by atoms with Crippen LogP contribution < -0.4 is 10.6 Å². The van der Waals surface area contributed by atoms with Crippen molar-refractivity contribution in [2.45, 2.75) is 44.0 Å². The van der Waals surface area contributed by atoms with Crippen molar-refractivity contribution >= 4 is 35.0 Å². The minimum absolute atomic E-state index is 0.0111. The SMILES string of the molecule is CC1=C(c2ccc(C)cc2)C2C(=O)NC(CSc3nnc(-c4ccoc4C)n3Cc3ccccc3)NC2S1. The number of aromatic nitrogens is 3. The molecular formula is C29H29N5O2S2. The van der Waals surface area contributed by atoms with Gasteiger partial charge in [-0.2, -0.15) is 0 Å². The summed E-state index contributed by atoms with van der Waals surface area (Å²) < 4.78 is 7.67. The Labute approximate surface area is 230 Å². The number of carbonyl (C=O) groups is 1. The van der Waals surface area contributed by atoms with E-state index in [-0.39, 0.29) is 23.4 Å². The Bertz CT molecular complexity index is 1490. The molecule has 2 aromatic heterocycles. The van der Waals surface area contributed by atoms with Crippen molar-refractivity contribution in [3.63, 3.8) is 0 Å². The average molecular weight is 544 g/mol. The van der Waals surface area contributed by atoms with E-state index < -0.39 is 0 Å². The molecule has 1 amide bonds. The number of furan rings is 1. The molecule has 4 heterocycles. The number of amides is 1. The maximum Gasteiger partial charge on any atom is 0.231 e. The van der Waals surface area contributed by atoms with Crippen molar-refractivity contribution in [3.8, 4) is 11.4 Å². The van der Waals surface area contributed by atoms with Crippen molar-refractivity contribution in [2.24, 2.45) is 5.92 Å². The summed E-state index contributed by atoms with van der Waals surface area (Å²) in [6.45, 7) is 6.77. The van der Waals surface area contributed by atoms with Crippen LogP contribution in [0.2, 0.25) is 0 Å². The third-order valence-corrected chi connectivity index (χ3v) is 9.30. The van der Waals surface area contributed by atoms with E-state index in [1.807, 2.05) is 31.2 Å². The van der Waals surface area contributed by atoms with Crippen LogP contribution in [0.3, 0.4) is 0 Å². The molecule has 194 valence electrons. The molecule has 38 heavy (non-hydrogen) atoms. The molecule has 0 bridgehead atoms. The summed E-state index contributed by atoms with van der Waals surface area (Å²) in [5.41, 5.74) is 5.55. The highest BCUT2D eigenvalue weighted by molar-refractivity contribution is 8.04. The first kappa shape index (κ1) is 25.0. The van der Waals surface area contributed by atoms with E-state index in [2.05, 4.69) is 75.6 Å². The van der Waals surface area contributed by atoms with Crippen molar-refractivity contribution in [2.75, 3.05) is 5.75 Å². The smallest absolute Gasteiger partial charge is 0.231 e. The number of rotatable bonds is 7. The Morgan fingerprint density at radius 3 is 2.55 bits per heavy atom. The summed E-state index contributed by atoms with van der Waals surface area (Å²) in [6.07, 6.45) is 1.50. The van der Waals surface area contributed by atoms with Gasteiger partial charge in [0.25, 0.3) is 0 Å². The molecule has 6 rings (SSSR count). The van der Waals surface area contributed by atoms with Crippen LogP contribution in [0, 0.1) is 19.8 Å². The highest BCUT2D eigenvalue weighted by Gasteiger charge is 2.44. The zero-order valence-corrected chi connectivity index (χ0v) is 23.1. The van der Waals surface area contributed by atoms with Crippen molar-refractivity contribution in [3.05, 3.63) is 94.3 Å². The zero-order valence-electron chi connectivity index (χ0n) is 21.5. The second kappa shape index (κ2) is 10.5. The normalized spacial score (nSPS) is 21.0. The van der Waals surface area contributed by atoms with Crippen molar-refractivity contribution in [1.82, 2.24) is 25.4 Å². The molecule has 0 spiro atoms. The summed E-state index contributed by atoms with van der Waals surface area (Å²) in [6, 6.07) is 20.6. The van der Waals surface area contributed by atoms with Gasteiger partial charge in [-0.3, -0.25) is 14.7 Å². The number of hydrogen-bond donors (Lipinski definition) is 2. The van der Waals surface area contributed by atoms with E-state index in [1.54, 1.807) is 29.8 Å². The van der Waals surface area contributed by atoms with Crippen LogP contribution in [-0.2, 0) is 11.3 Å². The lowest BCUT2D eigenvalue weighted by Gasteiger charge is -2.34. The van der Waals surface area contributed by atoms with E-state index in [4.69, 9.17) is 4.42 Å². The average Bonchev–Trinajstić information content (AvgIpc) is 3.60. The summed E-state index contributed by atoms with van der Waals surface area (Å²) in [5, 5.41) is 16.7. The molecular weight excluding hydrogens is 514 g/mol. The number of carbonyl (C=O) groups excluding carboxylic acids is 1. The predicted octanol–water partition coefficient (Wildman–Crippen LogP) is 5.46. The van der Waals surface area contributed by atoms with Gasteiger partial charge in [-0.05, 0) is 48.4 Å². The summed E-state index contributed by atoms with van der Waals surface area (Å²) in [7, 11) is 0. The highest BCUT2D eigenvalue weighted by atomic mass is 32.2. The Hall–Kier alpha value is -3.27. The Kier molecular flexibility index (Phi) is 6.90.